The zero-order valence-corrected chi connectivity index (χ0v) is 14.0. The van der Waals surface area contributed by atoms with Gasteiger partial charge in [0.1, 0.15) is 11.6 Å². The molecule has 3 N–H and O–H groups in total. The van der Waals surface area contributed by atoms with Crippen molar-refractivity contribution in [2.24, 2.45) is 5.73 Å². The van der Waals surface area contributed by atoms with Crippen molar-refractivity contribution in [3.63, 3.8) is 0 Å². The Morgan fingerprint density at radius 3 is 2.39 bits per heavy atom. The molecule has 1 amide bonds. The Hall–Kier alpha value is -1.58. The van der Waals surface area contributed by atoms with Crippen LogP contribution in [0.5, 0.6) is 0 Å². The minimum Gasteiger partial charge on any atom is -0.387 e. The van der Waals surface area contributed by atoms with Crippen molar-refractivity contribution in [3.8, 4) is 6.07 Å². The summed E-state index contributed by atoms with van der Waals surface area (Å²) < 4.78 is 0. The van der Waals surface area contributed by atoms with Gasteiger partial charge in [0, 0.05) is 51.5 Å². The normalized spacial score (nSPS) is 21.6. The first-order valence-corrected chi connectivity index (χ1v) is 8.82. The van der Waals surface area contributed by atoms with Gasteiger partial charge in [0.2, 0.25) is 0 Å². The van der Waals surface area contributed by atoms with E-state index in [1.165, 1.54) is 25.7 Å². The molecule has 0 spiro atoms. The largest absolute Gasteiger partial charge is 0.387 e. The number of carbonyl (C=O) groups is 1. The Balaban J connectivity index is 1.85. The highest BCUT2D eigenvalue weighted by Crippen LogP contribution is 2.17. The maximum atomic E-state index is 12.5. The Kier molecular flexibility index (Phi) is 7.37. The predicted molar refractivity (Wildman–Crippen MR) is 90.4 cm³/mol. The zero-order chi connectivity index (χ0) is 16.5. The number of nitriles is 1. The van der Waals surface area contributed by atoms with E-state index in [-0.39, 0.29) is 11.5 Å². The molecule has 0 bridgehead atoms. The van der Waals surface area contributed by atoms with Gasteiger partial charge in [0.25, 0.3) is 5.91 Å². The highest BCUT2D eigenvalue weighted by molar-refractivity contribution is 5.97. The number of hydrogen-bond acceptors (Lipinski definition) is 5. The molecule has 1 saturated heterocycles. The van der Waals surface area contributed by atoms with E-state index in [1.54, 1.807) is 11.1 Å². The van der Waals surface area contributed by atoms with E-state index in [4.69, 9.17) is 5.73 Å². The van der Waals surface area contributed by atoms with Crippen LogP contribution >= 0.6 is 0 Å². The molecule has 1 aliphatic heterocycles. The van der Waals surface area contributed by atoms with Gasteiger partial charge in [-0.1, -0.05) is 25.7 Å². The van der Waals surface area contributed by atoms with Crippen LogP contribution in [0.1, 0.15) is 38.5 Å². The first kappa shape index (κ1) is 17.8. The third kappa shape index (κ3) is 5.52. The first-order chi connectivity index (χ1) is 11.2. The van der Waals surface area contributed by atoms with Crippen LogP contribution in [-0.2, 0) is 4.79 Å². The van der Waals surface area contributed by atoms with Gasteiger partial charge in [-0.05, 0) is 12.8 Å². The van der Waals surface area contributed by atoms with Gasteiger partial charge >= 0.3 is 0 Å². The van der Waals surface area contributed by atoms with E-state index in [2.05, 4.69) is 16.3 Å². The fraction of sp³-hybridized carbons (Fsp3) is 0.765. The lowest BCUT2D eigenvalue weighted by molar-refractivity contribution is -0.128. The average Bonchev–Trinajstić information content (AvgIpc) is 2.85. The van der Waals surface area contributed by atoms with Gasteiger partial charge in [-0.25, -0.2) is 0 Å². The van der Waals surface area contributed by atoms with Crippen molar-refractivity contribution in [1.82, 2.24) is 15.1 Å². The van der Waals surface area contributed by atoms with E-state index in [1.807, 2.05) is 0 Å². The Morgan fingerprint density at radius 1 is 1.17 bits per heavy atom. The second kappa shape index (κ2) is 9.53. The molecule has 0 radical (unpaired) electrons. The van der Waals surface area contributed by atoms with Gasteiger partial charge in [-0.15, -0.1) is 0 Å². The summed E-state index contributed by atoms with van der Waals surface area (Å²) in [5.74, 6) is -0.152. The molecule has 1 aliphatic carbocycles. The molecule has 0 unspecified atom stereocenters. The molecule has 0 aromatic rings. The van der Waals surface area contributed by atoms with E-state index in [9.17, 15) is 10.1 Å². The Morgan fingerprint density at radius 2 is 1.83 bits per heavy atom. The lowest BCUT2D eigenvalue weighted by Gasteiger charge is -2.34. The smallest absolute Gasteiger partial charge is 0.266 e. The number of nitrogens with zero attached hydrogens (tertiary/aromatic N) is 3. The second-order valence-corrected chi connectivity index (χ2v) is 6.45. The minimum absolute atomic E-state index is 0.152. The highest BCUT2D eigenvalue weighted by atomic mass is 16.2. The average molecular weight is 319 g/mol. The van der Waals surface area contributed by atoms with E-state index in [0.717, 1.165) is 32.5 Å². The number of nitrogens with one attached hydrogen (secondary N) is 1. The third-order valence-electron chi connectivity index (χ3n) is 4.77. The van der Waals surface area contributed by atoms with Gasteiger partial charge in [-0.2, -0.15) is 5.26 Å². The summed E-state index contributed by atoms with van der Waals surface area (Å²) in [6, 6.07) is 2.46. The van der Waals surface area contributed by atoms with Gasteiger partial charge < -0.3 is 16.0 Å². The molecule has 2 aliphatic rings. The lowest BCUT2D eigenvalue weighted by atomic mass is 10.1. The summed E-state index contributed by atoms with van der Waals surface area (Å²) in [4.78, 5) is 16.5. The summed E-state index contributed by atoms with van der Waals surface area (Å²) in [6.45, 7) is 4.51. The van der Waals surface area contributed by atoms with Crippen LogP contribution in [0.4, 0.5) is 0 Å². The van der Waals surface area contributed by atoms with Crippen LogP contribution < -0.4 is 11.1 Å². The van der Waals surface area contributed by atoms with Crippen LogP contribution in [0.15, 0.2) is 11.8 Å². The molecular weight excluding hydrogens is 290 g/mol. The number of hydrogen-bond donors (Lipinski definition) is 2. The summed E-state index contributed by atoms with van der Waals surface area (Å²) >= 11 is 0. The van der Waals surface area contributed by atoms with Crippen LogP contribution in [0, 0.1) is 11.3 Å². The number of piperazine rings is 1. The Bertz CT molecular complexity index is 440. The molecule has 2 fully saturated rings. The minimum atomic E-state index is -0.152. The van der Waals surface area contributed by atoms with Crippen molar-refractivity contribution < 1.29 is 4.79 Å². The molecule has 1 saturated carbocycles. The number of carbonyl (C=O) groups excluding carboxylic acids is 1. The molecule has 0 aromatic heterocycles. The topological polar surface area (TPSA) is 85.4 Å². The highest BCUT2D eigenvalue weighted by Gasteiger charge is 2.23. The van der Waals surface area contributed by atoms with E-state index >= 15 is 0 Å². The monoisotopic (exact) mass is 319 g/mol. The molecule has 6 nitrogen and oxygen atoms in total. The number of nitrogens with two attached hydrogens (primary N) is 1. The summed E-state index contributed by atoms with van der Waals surface area (Å²) in [5, 5.41) is 12.6. The predicted octanol–water partition coefficient (Wildman–Crippen LogP) is 0.809. The van der Waals surface area contributed by atoms with Crippen LogP contribution in [0.2, 0.25) is 0 Å². The van der Waals surface area contributed by atoms with Gasteiger partial charge in [0.15, 0.2) is 0 Å². The number of rotatable bonds is 5. The van der Waals surface area contributed by atoms with E-state index < -0.39 is 0 Å². The van der Waals surface area contributed by atoms with Crippen LogP contribution in [0.25, 0.3) is 0 Å². The second-order valence-electron chi connectivity index (χ2n) is 6.45. The Labute approximate surface area is 139 Å². The SMILES string of the molecule is N#C/C(=C/NC1CCCCCC1)C(=O)N1CCN(CCN)CC1. The number of amides is 1. The molecule has 1 heterocycles. The fourth-order valence-electron chi connectivity index (χ4n) is 3.32. The van der Waals surface area contributed by atoms with Gasteiger partial charge in [0.05, 0.1) is 0 Å². The molecule has 128 valence electrons. The van der Waals surface area contributed by atoms with E-state index in [0.29, 0.717) is 25.7 Å². The molecule has 0 aromatic carbocycles. The zero-order valence-electron chi connectivity index (χ0n) is 14.0. The summed E-state index contributed by atoms with van der Waals surface area (Å²) in [6.07, 6.45) is 8.93. The lowest BCUT2D eigenvalue weighted by Crippen LogP contribution is -2.50. The summed E-state index contributed by atoms with van der Waals surface area (Å²) in [5.41, 5.74) is 5.79. The molecule has 2 rings (SSSR count). The first-order valence-electron chi connectivity index (χ1n) is 8.82. The van der Waals surface area contributed by atoms with Crippen molar-refractivity contribution in [2.45, 2.75) is 44.6 Å². The maximum absolute atomic E-state index is 12.5. The standard InChI is InChI=1S/C17H29N5O/c18-7-8-21-9-11-22(12-10-21)17(23)15(13-19)14-20-16-5-3-1-2-4-6-16/h14,16,20H,1-12,18H2/b15-14-. The quantitative estimate of drug-likeness (QED) is 0.445. The van der Waals surface area contributed by atoms with Crippen molar-refractivity contribution >= 4 is 5.91 Å². The molecule has 6 heteroatoms. The summed E-state index contributed by atoms with van der Waals surface area (Å²) in [7, 11) is 0. The molecule has 0 atom stereocenters. The molecular formula is C17H29N5O. The van der Waals surface area contributed by atoms with Crippen molar-refractivity contribution in [1.29, 1.82) is 5.26 Å². The van der Waals surface area contributed by atoms with Crippen LogP contribution in [-0.4, -0.2) is 61.0 Å². The van der Waals surface area contributed by atoms with Crippen LogP contribution in [0.3, 0.4) is 0 Å². The van der Waals surface area contributed by atoms with Gasteiger partial charge in [-0.3, -0.25) is 9.69 Å². The maximum Gasteiger partial charge on any atom is 0.266 e. The van der Waals surface area contributed by atoms with Crippen molar-refractivity contribution in [2.75, 3.05) is 39.3 Å². The fourth-order valence-corrected chi connectivity index (χ4v) is 3.32. The molecule has 23 heavy (non-hydrogen) atoms. The third-order valence-corrected chi connectivity index (χ3v) is 4.77. The van der Waals surface area contributed by atoms with Crippen molar-refractivity contribution in [3.05, 3.63) is 11.8 Å².